The molecule has 98 valence electrons. The van der Waals surface area contributed by atoms with E-state index in [1.54, 1.807) is 49.6 Å². The van der Waals surface area contributed by atoms with Crippen molar-refractivity contribution in [3.8, 4) is 5.75 Å². The van der Waals surface area contributed by atoms with Gasteiger partial charge in [-0.05, 0) is 23.3 Å². The molecule has 0 saturated heterocycles. The third-order valence-corrected chi connectivity index (χ3v) is 2.87. The summed E-state index contributed by atoms with van der Waals surface area (Å²) in [5.41, 5.74) is 1.39. The van der Waals surface area contributed by atoms with Gasteiger partial charge in [0, 0.05) is 12.0 Å². The highest BCUT2D eigenvalue weighted by atomic mass is 19.3. The Balaban J connectivity index is 2.30. The molecular formula is C16H14F2O. The summed E-state index contributed by atoms with van der Waals surface area (Å²) in [5.74, 6) is 0.671. The van der Waals surface area contributed by atoms with Crippen LogP contribution in [0.2, 0.25) is 0 Å². The van der Waals surface area contributed by atoms with Crippen LogP contribution < -0.4 is 4.74 Å². The number of methoxy groups -OCH3 is 1. The molecule has 0 amide bonds. The van der Waals surface area contributed by atoms with Gasteiger partial charge in [0.15, 0.2) is 0 Å². The summed E-state index contributed by atoms with van der Waals surface area (Å²) in [5, 5.41) is 0. The first-order valence-corrected chi connectivity index (χ1v) is 5.93. The molecule has 19 heavy (non-hydrogen) atoms. The van der Waals surface area contributed by atoms with E-state index in [9.17, 15) is 8.78 Å². The van der Waals surface area contributed by atoms with Gasteiger partial charge in [-0.15, -0.1) is 0 Å². The minimum atomic E-state index is -1.64. The molecule has 2 aromatic rings. The molecule has 0 aromatic heterocycles. The van der Waals surface area contributed by atoms with E-state index in [-0.39, 0.29) is 12.0 Å². The fourth-order valence-corrected chi connectivity index (χ4v) is 1.90. The smallest absolute Gasteiger partial charge is 0.274 e. The van der Waals surface area contributed by atoms with E-state index < -0.39 is 6.08 Å². The van der Waals surface area contributed by atoms with Crippen molar-refractivity contribution in [1.29, 1.82) is 0 Å². The molecule has 0 spiro atoms. The first kappa shape index (κ1) is 13.3. The fraction of sp³-hybridized carbons (Fsp3) is 0.125. The zero-order valence-electron chi connectivity index (χ0n) is 10.6. The molecule has 0 atom stereocenters. The van der Waals surface area contributed by atoms with Crippen LogP contribution in [0.25, 0.3) is 5.57 Å². The van der Waals surface area contributed by atoms with Crippen LogP contribution in [0.15, 0.2) is 60.7 Å². The van der Waals surface area contributed by atoms with Crippen molar-refractivity contribution in [3.05, 3.63) is 71.8 Å². The predicted octanol–water partition coefficient (Wildman–Crippen LogP) is 4.55. The molecule has 0 saturated carbocycles. The highest BCUT2D eigenvalue weighted by molar-refractivity contribution is 5.68. The highest BCUT2D eigenvalue weighted by Crippen LogP contribution is 2.26. The molecular weight excluding hydrogens is 246 g/mol. The topological polar surface area (TPSA) is 9.23 Å². The Hall–Kier alpha value is -2.16. The van der Waals surface area contributed by atoms with E-state index in [1.807, 2.05) is 12.1 Å². The molecule has 0 fully saturated rings. The molecule has 0 unspecified atom stereocenters. The van der Waals surface area contributed by atoms with Gasteiger partial charge in [-0.2, -0.15) is 8.78 Å². The van der Waals surface area contributed by atoms with Gasteiger partial charge in [-0.1, -0.05) is 42.5 Å². The largest absolute Gasteiger partial charge is 0.497 e. The lowest BCUT2D eigenvalue weighted by molar-refractivity contribution is 0.414. The molecule has 1 nitrogen and oxygen atoms in total. The molecule has 2 rings (SSSR count). The average Bonchev–Trinajstić information content (AvgIpc) is 2.45. The number of benzene rings is 2. The molecule has 0 aliphatic carbocycles. The fourth-order valence-electron chi connectivity index (χ4n) is 1.90. The van der Waals surface area contributed by atoms with Crippen molar-refractivity contribution in [3.63, 3.8) is 0 Å². The van der Waals surface area contributed by atoms with E-state index in [4.69, 9.17) is 4.74 Å². The van der Waals surface area contributed by atoms with Gasteiger partial charge in [0.1, 0.15) is 5.75 Å². The second-order valence-corrected chi connectivity index (χ2v) is 4.13. The average molecular weight is 260 g/mol. The first-order chi connectivity index (χ1) is 9.20. The van der Waals surface area contributed by atoms with Crippen LogP contribution in [0.4, 0.5) is 8.78 Å². The molecule has 0 heterocycles. The Morgan fingerprint density at radius 3 is 2.37 bits per heavy atom. The summed E-state index contributed by atoms with van der Waals surface area (Å²) < 4.78 is 31.3. The standard InChI is InChI=1S/C16H14F2O/c1-19-14-9-5-6-12(10-14)11-15(16(17)18)13-7-3-2-4-8-13/h2-10H,11H2,1H3. The van der Waals surface area contributed by atoms with Crippen molar-refractivity contribution in [1.82, 2.24) is 0 Å². The van der Waals surface area contributed by atoms with Crippen LogP contribution in [0.3, 0.4) is 0 Å². The number of halogens is 2. The highest BCUT2D eigenvalue weighted by Gasteiger charge is 2.10. The second-order valence-electron chi connectivity index (χ2n) is 4.13. The van der Waals surface area contributed by atoms with Gasteiger partial charge in [-0.25, -0.2) is 0 Å². The molecule has 0 N–H and O–H groups in total. The lowest BCUT2D eigenvalue weighted by Gasteiger charge is -2.08. The van der Waals surface area contributed by atoms with E-state index in [1.165, 1.54) is 0 Å². The summed E-state index contributed by atoms with van der Waals surface area (Å²) in [6.45, 7) is 0. The third kappa shape index (κ3) is 3.41. The zero-order valence-corrected chi connectivity index (χ0v) is 10.6. The van der Waals surface area contributed by atoms with Crippen LogP contribution >= 0.6 is 0 Å². The van der Waals surface area contributed by atoms with Gasteiger partial charge >= 0.3 is 0 Å². The molecule has 0 bridgehead atoms. The second kappa shape index (κ2) is 6.14. The molecule has 3 heteroatoms. The number of hydrogen-bond acceptors (Lipinski definition) is 1. The van der Waals surface area contributed by atoms with Crippen molar-refractivity contribution >= 4 is 5.57 Å². The SMILES string of the molecule is COc1cccc(CC(=C(F)F)c2ccccc2)c1. The minimum Gasteiger partial charge on any atom is -0.497 e. The number of allylic oxidation sites excluding steroid dienone is 1. The van der Waals surface area contributed by atoms with Crippen LogP contribution in [0.1, 0.15) is 11.1 Å². The van der Waals surface area contributed by atoms with Crippen molar-refractivity contribution in [2.45, 2.75) is 6.42 Å². The van der Waals surface area contributed by atoms with Crippen LogP contribution in [-0.4, -0.2) is 7.11 Å². The lowest BCUT2D eigenvalue weighted by atomic mass is 9.99. The molecule has 0 aliphatic rings. The summed E-state index contributed by atoms with van der Waals surface area (Å²) in [7, 11) is 1.56. The maximum atomic E-state index is 13.1. The summed E-state index contributed by atoms with van der Waals surface area (Å²) in [6, 6.07) is 15.9. The van der Waals surface area contributed by atoms with Crippen molar-refractivity contribution in [2.75, 3.05) is 7.11 Å². The minimum absolute atomic E-state index is 0.0499. The van der Waals surface area contributed by atoms with Crippen molar-refractivity contribution < 1.29 is 13.5 Å². The van der Waals surface area contributed by atoms with Crippen molar-refractivity contribution in [2.24, 2.45) is 0 Å². The van der Waals surface area contributed by atoms with Gasteiger partial charge in [0.05, 0.1) is 7.11 Å². The Labute approximate surface area is 111 Å². The zero-order chi connectivity index (χ0) is 13.7. The first-order valence-electron chi connectivity index (χ1n) is 5.93. The summed E-state index contributed by atoms with van der Waals surface area (Å²) in [4.78, 5) is 0. The Bertz CT molecular complexity index is 572. The van der Waals surface area contributed by atoms with E-state index in [0.29, 0.717) is 11.3 Å². The normalized spacial score (nSPS) is 10.1. The molecule has 0 radical (unpaired) electrons. The number of hydrogen-bond donors (Lipinski definition) is 0. The Kier molecular flexibility index (Phi) is 4.29. The van der Waals surface area contributed by atoms with Crippen LogP contribution in [0.5, 0.6) is 5.75 Å². The van der Waals surface area contributed by atoms with Crippen LogP contribution in [-0.2, 0) is 6.42 Å². The van der Waals surface area contributed by atoms with Gasteiger partial charge in [0.2, 0.25) is 0 Å². The summed E-state index contributed by atoms with van der Waals surface area (Å²) in [6.07, 6.45) is -1.46. The van der Waals surface area contributed by atoms with Gasteiger partial charge < -0.3 is 4.74 Å². The molecule has 2 aromatic carbocycles. The predicted molar refractivity (Wildman–Crippen MR) is 72.3 cm³/mol. The Morgan fingerprint density at radius 2 is 1.74 bits per heavy atom. The quantitative estimate of drug-likeness (QED) is 0.783. The van der Waals surface area contributed by atoms with E-state index in [0.717, 1.165) is 5.56 Å². The van der Waals surface area contributed by atoms with Gasteiger partial charge in [-0.3, -0.25) is 0 Å². The lowest BCUT2D eigenvalue weighted by Crippen LogP contribution is -1.93. The molecule has 0 aliphatic heterocycles. The maximum Gasteiger partial charge on any atom is 0.274 e. The Morgan fingerprint density at radius 1 is 1.00 bits per heavy atom. The third-order valence-electron chi connectivity index (χ3n) is 2.87. The van der Waals surface area contributed by atoms with Crippen LogP contribution in [0, 0.1) is 0 Å². The maximum absolute atomic E-state index is 13.1. The van der Waals surface area contributed by atoms with E-state index in [2.05, 4.69) is 0 Å². The number of rotatable bonds is 4. The monoisotopic (exact) mass is 260 g/mol. The number of ether oxygens (including phenoxy) is 1. The summed E-state index contributed by atoms with van der Waals surface area (Å²) >= 11 is 0. The van der Waals surface area contributed by atoms with E-state index >= 15 is 0 Å². The van der Waals surface area contributed by atoms with Gasteiger partial charge in [0.25, 0.3) is 6.08 Å².